The molecule has 2 N–H and O–H groups in total. The predicted molar refractivity (Wildman–Crippen MR) is 62.4 cm³/mol. The van der Waals surface area contributed by atoms with E-state index < -0.39 is 6.04 Å². The van der Waals surface area contributed by atoms with E-state index in [-0.39, 0.29) is 5.97 Å². The van der Waals surface area contributed by atoms with Gasteiger partial charge in [0.2, 0.25) is 0 Å². The Morgan fingerprint density at radius 2 is 2.00 bits per heavy atom. The van der Waals surface area contributed by atoms with Gasteiger partial charge in [0.05, 0.1) is 0 Å². The van der Waals surface area contributed by atoms with Gasteiger partial charge in [-0.25, -0.2) is 4.79 Å². The number of carbonyl (C=O) groups is 1. The van der Waals surface area contributed by atoms with Gasteiger partial charge in [0, 0.05) is 0 Å². The smallest absolute Gasteiger partial charge is 0.328 e. The number of ether oxygens (including phenoxy) is 1. The van der Waals surface area contributed by atoms with Gasteiger partial charge in [-0.2, -0.15) is 0 Å². The van der Waals surface area contributed by atoms with Gasteiger partial charge >= 0.3 is 5.97 Å². The largest absolute Gasteiger partial charge is 0.425 e. The van der Waals surface area contributed by atoms with Crippen LogP contribution in [0.3, 0.4) is 0 Å². The number of hydrogen-bond donors (Lipinski definition) is 1. The molecule has 0 bridgehead atoms. The zero-order valence-corrected chi connectivity index (χ0v) is 9.53. The summed E-state index contributed by atoms with van der Waals surface area (Å²) in [6.07, 6.45) is 4.69. The molecule has 1 aromatic carbocycles. The summed E-state index contributed by atoms with van der Waals surface area (Å²) in [4.78, 5) is 11.3. The molecular formula is C13H17NO2. The molecule has 0 amide bonds. The summed E-state index contributed by atoms with van der Waals surface area (Å²) in [6, 6.07) is 5.30. The Labute approximate surface area is 95.6 Å². The van der Waals surface area contributed by atoms with Crippen molar-refractivity contribution < 1.29 is 9.53 Å². The van der Waals surface area contributed by atoms with E-state index >= 15 is 0 Å². The molecule has 16 heavy (non-hydrogen) atoms. The third-order valence-electron chi connectivity index (χ3n) is 2.91. The molecular weight excluding hydrogens is 202 g/mol. The molecule has 1 aliphatic carbocycles. The topological polar surface area (TPSA) is 52.3 Å². The Bertz CT molecular complexity index is 399. The fourth-order valence-electron chi connectivity index (χ4n) is 1.98. The zero-order chi connectivity index (χ0) is 11.5. The second-order valence-electron chi connectivity index (χ2n) is 4.35. The Hall–Kier alpha value is -1.35. The van der Waals surface area contributed by atoms with Crippen molar-refractivity contribution in [2.24, 2.45) is 5.73 Å². The third-order valence-corrected chi connectivity index (χ3v) is 2.91. The Morgan fingerprint density at radius 3 is 2.69 bits per heavy atom. The standard InChI is InChI=1S/C13H17NO2/c1-9(14)13(15)16-12-7-6-10-4-2-3-5-11(10)8-12/h6-9H,2-5,14H2,1H3. The molecule has 0 radical (unpaired) electrons. The fourth-order valence-corrected chi connectivity index (χ4v) is 1.98. The molecule has 86 valence electrons. The van der Waals surface area contributed by atoms with Gasteiger partial charge in [0.15, 0.2) is 0 Å². The molecule has 0 aromatic heterocycles. The van der Waals surface area contributed by atoms with Gasteiger partial charge in [-0.1, -0.05) is 6.07 Å². The first-order valence-electron chi connectivity index (χ1n) is 5.76. The molecule has 2 rings (SSSR count). The van der Waals surface area contributed by atoms with Crippen LogP contribution in [0.15, 0.2) is 18.2 Å². The average Bonchev–Trinajstić information content (AvgIpc) is 2.28. The van der Waals surface area contributed by atoms with Crippen molar-refractivity contribution in [1.29, 1.82) is 0 Å². The molecule has 3 heteroatoms. The Kier molecular flexibility index (Phi) is 3.25. The number of rotatable bonds is 2. The number of fused-ring (bicyclic) bond motifs is 1. The summed E-state index contributed by atoms with van der Waals surface area (Å²) in [5, 5.41) is 0. The van der Waals surface area contributed by atoms with Crippen LogP contribution < -0.4 is 10.5 Å². The van der Waals surface area contributed by atoms with Crippen LogP contribution in [0, 0.1) is 0 Å². The van der Waals surface area contributed by atoms with Crippen LogP contribution in [-0.4, -0.2) is 12.0 Å². The third kappa shape index (κ3) is 2.42. The van der Waals surface area contributed by atoms with Crippen LogP contribution in [-0.2, 0) is 17.6 Å². The van der Waals surface area contributed by atoms with Gasteiger partial charge in [0.25, 0.3) is 0 Å². The van der Waals surface area contributed by atoms with Gasteiger partial charge < -0.3 is 10.5 Å². The van der Waals surface area contributed by atoms with Gasteiger partial charge in [0.1, 0.15) is 11.8 Å². The molecule has 0 saturated heterocycles. The van der Waals surface area contributed by atoms with Gasteiger partial charge in [-0.05, 0) is 55.9 Å². The molecule has 1 aromatic rings. The van der Waals surface area contributed by atoms with Crippen molar-refractivity contribution in [3.63, 3.8) is 0 Å². The monoisotopic (exact) mass is 219 g/mol. The molecule has 0 fully saturated rings. The zero-order valence-electron chi connectivity index (χ0n) is 9.53. The molecule has 1 unspecified atom stereocenters. The lowest BCUT2D eigenvalue weighted by atomic mass is 9.92. The van der Waals surface area contributed by atoms with Crippen LogP contribution in [0.2, 0.25) is 0 Å². The quantitative estimate of drug-likeness (QED) is 0.609. The lowest BCUT2D eigenvalue weighted by molar-refractivity contribution is -0.135. The second-order valence-corrected chi connectivity index (χ2v) is 4.35. The molecule has 0 spiro atoms. The number of nitrogens with two attached hydrogens (primary N) is 1. The summed E-state index contributed by atoms with van der Waals surface area (Å²) in [5.74, 6) is 0.235. The van der Waals surface area contributed by atoms with Crippen molar-refractivity contribution in [2.75, 3.05) is 0 Å². The van der Waals surface area contributed by atoms with E-state index in [1.54, 1.807) is 6.92 Å². The van der Waals surface area contributed by atoms with Gasteiger partial charge in [-0.3, -0.25) is 0 Å². The lowest BCUT2D eigenvalue weighted by Crippen LogP contribution is -2.30. The number of carbonyl (C=O) groups excluding carboxylic acids is 1. The van der Waals surface area contributed by atoms with E-state index in [2.05, 4.69) is 6.07 Å². The lowest BCUT2D eigenvalue weighted by Gasteiger charge is -2.16. The second kappa shape index (κ2) is 4.66. The average molecular weight is 219 g/mol. The minimum absolute atomic E-state index is 0.379. The highest BCUT2D eigenvalue weighted by molar-refractivity contribution is 5.77. The first kappa shape index (κ1) is 11.1. The van der Waals surface area contributed by atoms with Crippen molar-refractivity contribution in [3.05, 3.63) is 29.3 Å². The van der Waals surface area contributed by atoms with Crippen molar-refractivity contribution in [2.45, 2.75) is 38.6 Å². The number of esters is 1. The van der Waals surface area contributed by atoms with E-state index in [1.165, 1.54) is 24.0 Å². The van der Waals surface area contributed by atoms with E-state index in [0.29, 0.717) is 5.75 Å². The highest BCUT2D eigenvalue weighted by atomic mass is 16.5. The first-order chi connectivity index (χ1) is 7.66. The minimum atomic E-state index is -0.573. The molecule has 3 nitrogen and oxygen atoms in total. The Morgan fingerprint density at radius 1 is 1.31 bits per heavy atom. The van der Waals surface area contributed by atoms with Crippen molar-refractivity contribution >= 4 is 5.97 Å². The van der Waals surface area contributed by atoms with Gasteiger partial charge in [-0.15, -0.1) is 0 Å². The van der Waals surface area contributed by atoms with E-state index in [9.17, 15) is 4.79 Å². The molecule has 0 saturated carbocycles. The highest BCUT2D eigenvalue weighted by Gasteiger charge is 2.13. The number of benzene rings is 1. The summed E-state index contributed by atoms with van der Waals surface area (Å²) in [7, 11) is 0. The van der Waals surface area contributed by atoms with E-state index in [0.717, 1.165) is 12.8 Å². The van der Waals surface area contributed by atoms with Crippen LogP contribution in [0.4, 0.5) is 0 Å². The number of hydrogen-bond acceptors (Lipinski definition) is 3. The molecule has 1 aliphatic rings. The maximum atomic E-state index is 11.3. The van der Waals surface area contributed by atoms with Crippen LogP contribution in [0.25, 0.3) is 0 Å². The fraction of sp³-hybridized carbons (Fsp3) is 0.462. The van der Waals surface area contributed by atoms with Crippen molar-refractivity contribution in [3.8, 4) is 5.75 Å². The van der Waals surface area contributed by atoms with Crippen LogP contribution >= 0.6 is 0 Å². The summed E-state index contributed by atoms with van der Waals surface area (Å²) in [6.45, 7) is 1.63. The molecule has 0 heterocycles. The van der Waals surface area contributed by atoms with Crippen LogP contribution in [0.5, 0.6) is 5.75 Å². The van der Waals surface area contributed by atoms with Crippen LogP contribution in [0.1, 0.15) is 30.9 Å². The summed E-state index contributed by atoms with van der Waals surface area (Å²) < 4.78 is 5.18. The molecule has 1 atom stereocenters. The minimum Gasteiger partial charge on any atom is -0.425 e. The molecule has 0 aliphatic heterocycles. The van der Waals surface area contributed by atoms with E-state index in [4.69, 9.17) is 10.5 Å². The van der Waals surface area contributed by atoms with Crippen molar-refractivity contribution in [1.82, 2.24) is 0 Å². The Balaban J connectivity index is 2.14. The predicted octanol–water partition coefficient (Wildman–Crippen LogP) is 1.82. The summed E-state index contributed by atoms with van der Waals surface area (Å²) >= 11 is 0. The SMILES string of the molecule is CC(N)C(=O)Oc1ccc2c(c1)CCCC2. The highest BCUT2D eigenvalue weighted by Crippen LogP contribution is 2.25. The van der Waals surface area contributed by atoms with E-state index in [1.807, 2.05) is 12.1 Å². The summed E-state index contributed by atoms with van der Waals surface area (Å²) in [5.41, 5.74) is 8.14. The number of aryl methyl sites for hydroxylation is 2. The first-order valence-corrected chi connectivity index (χ1v) is 5.76. The maximum Gasteiger partial charge on any atom is 0.328 e. The maximum absolute atomic E-state index is 11.3. The normalized spacial score (nSPS) is 16.4.